The van der Waals surface area contributed by atoms with Crippen LogP contribution in [0.3, 0.4) is 0 Å². The molecule has 1 heterocycles. The lowest BCUT2D eigenvalue weighted by molar-refractivity contribution is 0.297. The number of nitrogens with two attached hydrogens (primary N) is 1. The molecule has 0 radical (unpaired) electrons. The summed E-state index contributed by atoms with van der Waals surface area (Å²) in [5.74, 6) is 0.331. The molecule has 0 spiro atoms. The number of fused-ring (bicyclic) bond motifs is 1. The van der Waals surface area contributed by atoms with E-state index < -0.39 is 11.6 Å². The first-order valence-corrected chi connectivity index (χ1v) is 8.03. The number of halogens is 3. The van der Waals surface area contributed by atoms with E-state index in [1.54, 1.807) is 18.2 Å². The van der Waals surface area contributed by atoms with E-state index in [1.165, 1.54) is 18.2 Å². The minimum atomic E-state index is -0.579. The number of anilines is 1. The van der Waals surface area contributed by atoms with Gasteiger partial charge in [-0.1, -0.05) is 6.07 Å². The summed E-state index contributed by atoms with van der Waals surface area (Å²) in [5.41, 5.74) is 6.54. The average Bonchev–Trinajstić information content (AvgIpc) is 2.82. The maximum atomic E-state index is 13.6. The van der Waals surface area contributed by atoms with Crippen LogP contribution in [0.1, 0.15) is 12.0 Å². The zero-order valence-electron chi connectivity index (χ0n) is 14.0. The van der Waals surface area contributed by atoms with Gasteiger partial charge in [-0.25, -0.2) is 8.78 Å². The van der Waals surface area contributed by atoms with Crippen LogP contribution < -0.4 is 20.5 Å². The summed E-state index contributed by atoms with van der Waals surface area (Å²) in [6, 6.07) is 9.15. The second-order valence-corrected chi connectivity index (χ2v) is 5.55. The Labute approximate surface area is 167 Å². The van der Waals surface area contributed by atoms with E-state index in [0.717, 1.165) is 6.42 Å². The third-order valence-electron chi connectivity index (χ3n) is 3.73. The summed E-state index contributed by atoms with van der Waals surface area (Å²) < 4.78 is 38.3. The molecule has 0 aliphatic carbocycles. The molecule has 0 unspecified atom stereocenters. The van der Waals surface area contributed by atoms with Crippen LogP contribution in [0.25, 0.3) is 0 Å². The van der Waals surface area contributed by atoms with E-state index >= 15 is 0 Å². The number of rotatable bonds is 4. The molecule has 2 aromatic rings. The van der Waals surface area contributed by atoms with E-state index in [2.05, 4.69) is 10.3 Å². The molecule has 140 valence electrons. The normalized spacial score (nSPS) is 13.5. The van der Waals surface area contributed by atoms with Crippen molar-refractivity contribution in [3.05, 3.63) is 53.6 Å². The molecule has 0 aromatic heterocycles. The molecule has 5 nitrogen and oxygen atoms in total. The lowest BCUT2D eigenvalue weighted by Crippen LogP contribution is -2.23. The number of guanidine groups is 1. The Bertz CT molecular complexity index is 767. The summed E-state index contributed by atoms with van der Waals surface area (Å²) in [7, 11) is 0. The second-order valence-electron chi connectivity index (χ2n) is 5.55. The molecule has 0 atom stereocenters. The van der Waals surface area contributed by atoms with Gasteiger partial charge >= 0.3 is 0 Å². The first kappa shape index (κ1) is 20.2. The maximum Gasteiger partial charge on any atom is 0.193 e. The number of hydrogen-bond acceptors (Lipinski definition) is 3. The number of nitrogens with one attached hydrogen (secondary N) is 1. The van der Waals surface area contributed by atoms with Crippen LogP contribution in [0, 0.1) is 11.6 Å². The number of ether oxygens (including phenoxy) is 2. The van der Waals surface area contributed by atoms with Crippen LogP contribution in [0.5, 0.6) is 11.5 Å². The predicted molar refractivity (Wildman–Crippen MR) is 108 cm³/mol. The molecular weight excluding hydrogens is 455 g/mol. The molecule has 3 rings (SSSR count). The Morgan fingerprint density at radius 1 is 1.08 bits per heavy atom. The Morgan fingerprint density at radius 3 is 2.50 bits per heavy atom. The standard InChI is InChI=1S/C18H19F2N3O2.HI/c19-14-3-1-4-15(20)13(14)7-8-22-18(21)23-12-5-6-16-17(11-12)25-10-2-9-24-16;/h1,3-6,11H,2,7-10H2,(H3,21,22,23);1H. The van der Waals surface area contributed by atoms with Gasteiger partial charge in [-0.3, -0.25) is 4.99 Å². The van der Waals surface area contributed by atoms with Gasteiger partial charge in [0.05, 0.1) is 13.2 Å². The van der Waals surface area contributed by atoms with Crippen molar-refractivity contribution < 1.29 is 18.3 Å². The summed E-state index contributed by atoms with van der Waals surface area (Å²) >= 11 is 0. The first-order chi connectivity index (χ1) is 12.1. The maximum absolute atomic E-state index is 13.6. The fraction of sp³-hybridized carbons (Fsp3) is 0.278. The monoisotopic (exact) mass is 475 g/mol. The van der Waals surface area contributed by atoms with E-state index in [0.29, 0.717) is 30.4 Å². The van der Waals surface area contributed by atoms with E-state index in [9.17, 15) is 8.78 Å². The number of aliphatic imine (C=N–C) groups is 1. The van der Waals surface area contributed by atoms with Gasteiger partial charge in [0.25, 0.3) is 0 Å². The topological polar surface area (TPSA) is 68.9 Å². The number of hydrogen-bond donors (Lipinski definition) is 2. The van der Waals surface area contributed by atoms with Gasteiger partial charge in [-0.05, 0) is 30.7 Å². The molecular formula is C18H20F2IN3O2. The van der Waals surface area contributed by atoms with Crippen LogP contribution in [-0.4, -0.2) is 25.7 Å². The van der Waals surface area contributed by atoms with Crippen molar-refractivity contribution in [3.8, 4) is 11.5 Å². The van der Waals surface area contributed by atoms with Crippen molar-refractivity contribution in [2.24, 2.45) is 10.7 Å². The third-order valence-corrected chi connectivity index (χ3v) is 3.73. The molecule has 0 saturated heterocycles. The Morgan fingerprint density at radius 2 is 1.77 bits per heavy atom. The zero-order valence-corrected chi connectivity index (χ0v) is 16.3. The lowest BCUT2D eigenvalue weighted by Gasteiger charge is -2.11. The van der Waals surface area contributed by atoms with Gasteiger partial charge in [0.15, 0.2) is 17.5 Å². The highest BCUT2D eigenvalue weighted by Crippen LogP contribution is 2.32. The molecule has 8 heteroatoms. The van der Waals surface area contributed by atoms with Gasteiger partial charge in [-0.2, -0.15) is 0 Å². The predicted octanol–water partition coefficient (Wildman–Crippen LogP) is 3.71. The van der Waals surface area contributed by atoms with Crippen molar-refractivity contribution >= 4 is 35.6 Å². The molecule has 0 saturated carbocycles. The van der Waals surface area contributed by atoms with Gasteiger partial charge < -0.3 is 20.5 Å². The molecule has 26 heavy (non-hydrogen) atoms. The van der Waals surface area contributed by atoms with E-state index in [-0.39, 0.29) is 48.5 Å². The van der Waals surface area contributed by atoms with Crippen LogP contribution in [0.2, 0.25) is 0 Å². The minimum Gasteiger partial charge on any atom is -0.490 e. The SMILES string of the molecule is I.NC(=NCCc1c(F)cccc1F)Nc1ccc2c(c1)OCCCO2. The summed E-state index contributed by atoms with van der Waals surface area (Å²) in [4.78, 5) is 4.11. The van der Waals surface area contributed by atoms with Crippen LogP contribution >= 0.6 is 24.0 Å². The zero-order chi connectivity index (χ0) is 17.6. The lowest BCUT2D eigenvalue weighted by atomic mass is 10.1. The van der Waals surface area contributed by atoms with E-state index in [1.807, 2.05) is 0 Å². The van der Waals surface area contributed by atoms with Gasteiger partial charge in [0.1, 0.15) is 11.6 Å². The summed E-state index contributed by atoms with van der Waals surface area (Å²) in [6.45, 7) is 1.38. The molecule has 0 fully saturated rings. The quantitative estimate of drug-likeness (QED) is 0.402. The second kappa shape index (κ2) is 9.56. The molecule has 0 bridgehead atoms. The average molecular weight is 475 g/mol. The summed E-state index contributed by atoms with van der Waals surface area (Å²) in [5, 5.41) is 2.93. The van der Waals surface area contributed by atoms with Gasteiger partial charge in [0.2, 0.25) is 0 Å². The van der Waals surface area contributed by atoms with Crippen LogP contribution in [0.15, 0.2) is 41.4 Å². The van der Waals surface area contributed by atoms with Crippen molar-refractivity contribution in [3.63, 3.8) is 0 Å². The van der Waals surface area contributed by atoms with Crippen molar-refractivity contribution in [2.75, 3.05) is 25.1 Å². The van der Waals surface area contributed by atoms with Crippen molar-refractivity contribution in [1.82, 2.24) is 0 Å². The fourth-order valence-electron chi connectivity index (χ4n) is 2.49. The highest BCUT2D eigenvalue weighted by Gasteiger charge is 2.11. The van der Waals surface area contributed by atoms with Crippen molar-refractivity contribution in [2.45, 2.75) is 12.8 Å². The summed E-state index contributed by atoms with van der Waals surface area (Å²) in [6.07, 6.45) is 0.954. The smallest absolute Gasteiger partial charge is 0.193 e. The Kier molecular flexibility index (Phi) is 7.43. The molecule has 2 aromatic carbocycles. The Balaban J connectivity index is 0.00000243. The molecule has 3 N–H and O–H groups in total. The molecule has 0 amide bonds. The minimum absolute atomic E-state index is 0. The first-order valence-electron chi connectivity index (χ1n) is 8.03. The van der Waals surface area contributed by atoms with Crippen LogP contribution in [-0.2, 0) is 6.42 Å². The Hall–Kier alpha value is -2.10. The fourth-order valence-corrected chi connectivity index (χ4v) is 2.49. The van der Waals surface area contributed by atoms with Crippen LogP contribution in [0.4, 0.5) is 14.5 Å². The molecule has 1 aliphatic heterocycles. The number of benzene rings is 2. The third kappa shape index (κ3) is 5.20. The highest BCUT2D eigenvalue weighted by atomic mass is 127. The van der Waals surface area contributed by atoms with Crippen molar-refractivity contribution in [1.29, 1.82) is 0 Å². The van der Waals surface area contributed by atoms with Gasteiger partial charge in [0, 0.05) is 30.3 Å². The number of nitrogens with zero attached hydrogens (tertiary/aromatic N) is 1. The van der Waals surface area contributed by atoms with Gasteiger partial charge in [-0.15, -0.1) is 24.0 Å². The highest BCUT2D eigenvalue weighted by molar-refractivity contribution is 14.0. The largest absolute Gasteiger partial charge is 0.490 e. The van der Waals surface area contributed by atoms with E-state index in [4.69, 9.17) is 15.2 Å². The molecule has 1 aliphatic rings.